The van der Waals surface area contributed by atoms with Crippen molar-refractivity contribution >= 4 is 11.6 Å². The van der Waals surface area contributed by atoms with E-state index < -0.39 is 0 Å². The van der Waals surface area contributed by atoms with Crippen molar-refractivity contribution in [2.24, 2.45) is 0 Å². The summed E-state index contributed by atoms with van der Waals surface area (Å²) in [5.74, 6) is 1.20. The number of amides is 1. The van der Waals surface area contributed by atoms with Crippen molar-refractivity contribution in [3.8, 4) is 5.69 Å². The minimum absolute atomic E-state index is 0.0375. The lowest BCUT2D eigenvalue weighted by atomic mass is 10.0. The molecule has 0 unspecified atom stereocenters. The summed E-state index contributed by atoms with van der Waals surface area (Å²) in [6, 6.07) is 14.5. The molecular weight excluding hydrogens is 364 g/mol. The molecule has 0 aliphatic carbocycles. The zero-order chi connectivity index (χ0) is 20.8. The van der Waals surface area contributed by atoms with Gasteiger partial charge in [0.2, 0.25) is 5.91 Å². The van der Waals surface area contributed by atoms with Crippen LogP contribution in [-0.2, 0) is 11.2 Å². The average Bonchev–Trinajstić information content (AvgIpc) is 3.13. The molecule has 0 bridgehead atoms. The van der Waals surface area contributed by atoms with Crippen molar-refractivity contribution < 1.29 is 4.79 Å². The molecule has 1 amide bonds. The highest BCUT2D eigenvalue weighted by Crippen LogP contribution is 2.19. The number of nitrogens with zero attached hydrogens (tertiary/aromatic N) is 4. The summed E-state index contributed by atoms with van der Waals surface area (Å²) in [7, 11) is 0. The van der Waals surface area contributed by atoms with E-state index in [4.69, 9.17) is 0 Å². The summed E-state index contributed by atoms with van der Waals surface area (Å²) < 4.78 is 1.69. The maximum Gasteiger partial charge on any atom is 0.239 e. The molecule has 7 heteroatoms. The first-order chi connectivity index (χ1) is 13.9. The Labute approximate surface area is 171 Å². The van der Waals surface area contributed by atoms with Crippen LogP contribution in [0.5, 0.6) is 0 Å². The van der Waals surface area contributed by atoms with Crippen molar-refractivity contribution in [3.63, 3.8) is 0 Å². The van der Waals surface area contributed by atoms with E-state index in [0.29, 0.717) is 18.3 Å². The van der Waals surface area contributed by atoms with Gasteiger partial charge in [-0.05, 0) is 65.4 Å². The van der Waals surface area contributed by atoms with Crippen LogP contribution in [0.2, 0.25) is 0 Å². The molecule has 29 heavy (non-hydrogen) atoms. The molecule has 152 valence electrons. The number of carbonyl (C=O) groups excluding carboxylic acids is 1. The number of aromatic nitrogens is 4. The first-order valence-electron chi connectivity index (χ1n) is 9.89. The molecule has 0 radical (unpaired) electrons. The average molecular weight is 393 g/mol. The van der Waals surface area contributed by atoms with E-state index in [9.17, 15) is 4.79 Å². The Bertz CT molecular complexity index is 962. The van der Waals surface area contributed by atoms with Crippen LogP contribution in [-0.4, -0.2) is 39.2 Å². The Balaban J connectivity index is 1.49. The van der Waals surface area contributed by atoms with E-state index in [2.05, 4.69) is 64.3 Å². The number of nitrogens with one attached hydrogen (secondary N) is 2. The summed E-state index contributed by atoms with van der Waals surface area (Å²) in [5, 5.41) is 17.8. The predicted molar refractivity (Wildman–Crippen MR) is 114 cm³/mol. The van der Waals surface area contributed by atoms with Gasteiger partial charge in [0.1, 0.15) is 0 Å². The van der Waals surface area contributed by atoms with Crippen LogP contribution in [0.3, 0.4) is 0 Å². The third kappa shape index (κ3) is 5.40. The summed E-state index contributed by atoms with van der Waals surface area (Å²) >= 11 is 0. The molecule has 1 aromatic heterocycles. The van der Waals surface area contributed by atoms with Gasteiger partial charge in [0, 0.05) is 12.2 Å². The SMILES string of the molecule is Cc1ccc(NCC(=O)NCCc2ccc(C(C)C)cc2)cc1-n1nnnc1C. The lowest BCUT2D eigenvalue weighted by molar-refractivity contribution is -0.119. The second-order valence-electron chi connectivity index (χ2n) is 7.49. The van der Waals surface area contributed by atoms with E-state index in [-0.39, 0.29) is 12.5 Å². The van der Waals surface area contributed by atoms with Gasteiger partial charge in [-0.1, -0.05) is 44.2 Å². The van der Waals surface area contributed by atoms with Gasteiger partial charge < -0.3 is 10.6 Å². The highest BCUT2D eigenvalue weighted by atomic mass is 16.1. The zero-order valence-electron chi connectivity index (χ0n) is 17.4. The first-order valence-corrected chi connectivity index (χ1v) is 9.89. The van der Waals surface area contributed by atoms with Gasteiger partial charge in [0.05, 0.1) is 12.2 Å². The summed E-state index contributed by atoms with van der Waals surface area (Å²) in [4.78, 5) is 12.2. The largest absolute Gasteiger partial charge is 0.376 e. The molecule has 0 saturated carbocycles. The highest BCUT2D eigenvalue weighted by molar-refractivity contribution is 5.80. The quantitative estimate of drug-likeness (QED) is 0.615. The highest BCUT2D eigenvalue weighted by Gasteiger charge is 2.09. The van der Waals surface area contributed by atoms with Gasteiger partial charge in [-0.15, -0.1) is 5.10 Å². The van der Waals surface area contributed by atoms with E-state index >= 15 is 0 Å². The molecule has 7 nitrogen and oxygen atoms in total. The predicted octanol–water partition coefficient (Wildman–Crippen LogP) is 3.17. The molecule has 3 aromatic rings. The number of anilines is 1. The fourth-order valence-electron chi connectivity index (χ4n) is 3.06. The van der Waals surface area contributed by atoms with Crippen LogP contribution in [0.1, 0.15) is 42.3 Å². The van der Waals surface area contributed by atoms with Crippen LogP contribution >= 0.6 is 0 Å². The molecule has 3 rings (SSSR count). The molecule has 0 aliphatic heterocycles. The number of tetrazole rings is 1. The Morgan fingerprint density at radius 1 is 1.10 bits per heavy atom. The van der Waals surface area contributed by atoms with Crippen LogP contribution in [0, 0.1) is 13.8 Å². The van der Waals surface area contributed by atoms with Crippen LogP contribution in [0.4, 0.5) is 5.69 Å². The summed E-state index contributed by atoms with van der Waals surface area (Å²) in [5.41, 5.74) is 5.35. The molecule has 0 aliphatic rings. The van der Waals surface area contributed by atoms with Crippen molar-refractivity contribution in [3.05, 3.63) is 65.0 Å². The smallest absolute Gasteiger partial charge is 0.239 e. The van der Waals surface area contributed by atoms with E-state index in [1.165, 1.54) is 11.1 Å². The van der Waals surface area contributed by atoms with E-state index in [1.807, 2.05) is 32.0 Å². The Kier molecular flexibility index (Phi) is 6.59. The topological polar surface area (TPSA) is 84.7 Å². The lowest BCUT2D eigenvalue weighted by Crippen LogP contribution is -2.31. The van der Waals surface area contributed by atoms with Gasteiger partial charge in [-0.2, -0.15) is 4.68 Å². The Morgan fingerprint density at radius 2 is 1.86 bits per heavy atom. The van der Waals surface area contributed by atoms with E-state index in [1.54, 1.807) is 4.68 Å². The summed E-state index contributed by atoms with van der Waals surface area (Å²) in [6.45, 7) is 9.05. The number of benzene rings is 2. The maximum atomic E-state index is 12.2. The van der Waals surface area contributed by atoms with Crippen LogP contribution in [0.15, 0.2) is 42.5 Å². The van der Waals surface area contributed by atoms with Gasteiger partial charge in [0.15, 0.2) is 5.82 Å². The number of aryl methyl sites for hydroxylation is 2. The standard InChI is InChI=1S/C22H28N6O/c1-15(2)19-8-6-18(7-9-19)11-12-23-22(29)14-24-20-10-5-16(3)21(13-20)28-17(4)25-26-27-28/h5-10,13,15,24H,11-12,14H2,1-4H3,(H,23,29). The first kappa shape index (κ1) is 20.5. The monoisotopic (exact) mass is 392 g/mol. The van der Waals surface area contributed by atoms with E-state index in [0.717, 1.165) is 23.4 Å². The number of carbonyl (C=O) groups is 1. The molecule has 0 spiro atoms. The lowest BCUT2D eigenvalue weighted by Gasteiger charge is -2.12. The normalized spacial score (nSPS) is 10.9. The summed E-state index contributed by atoms with van der Waals surface area (Å²) in [6.07, 6.45) is 0.817. The van der Waals surface area contributed by atoms with Crippen LogP contribution < -0.4 is 10.6 Å². The Hall–Kier alpha value is -3.22. The third-order valence-corrected chi connectivity index (χ3v) is 4.90. The second-order valence-corrected chi connectivity index (χ2v) is 7.49. The number of hydrogen-bond acceptors (Lipinski definition) is 5. The van der Waals surface area contributed by atoms with Crippen molar-refractivity contribution in [2.75, 3.05) is 18.4 Å². The third-order valence-electron chi connectivity index (χ3n) is 4.90. The fraction of sp³-hybridized carbons (Fsp3) is 0.364. The second kappa shape index (κ2) is 9.32. The van der Waals surface area contributed by atoms with Gasteiger partial charge in [-0.25, -0.2) is 0 Å². The number of rotatable bonds is 8. The molecule has 0 atom stereocenters. The van der Waals surface area contributed by atoms with Gasteiger partial charge >= 0.3 is 0 Å². The molecule has 0 saturated heterocycles. The zero-order valence-corrected chi connectivity index (χ0v) is 17.4. The molecule has 2 aromatic carbocycles. The maximum absolute atomic E-state index is 12.2. The van der Waals surface area contributed by atoms with Gasteiger partial charge in [0.25, 0.3) is 0 Å². The number of hydrogen-bond donors (Lipinski definition) is 2. The van der Waals surface area contributed by atoms with Crippen molar-refractivity contribution in [2.45, 2.75) is 40.0 Å². The van der Waals surface area contributed by atoms with Gasteiger partial charge in [-0.3, -0.25) is 4.79 Å². The van der Waals surface area contributed by atoms with Crippen LogP contribution in [0.25, 0.3) is 5.69 Å². The fourth-order valence-corrected chi connectivity index (χ4v) is 3.06. The molecule has 1 heterocycles. The minimum atomic E-state index is -0.0375. The Morgan fingerprint density at radius 3 is 2.52 bits per heavy atom. The molecule has 2 N–H and O–H groups in total. The van der Waals surface area contributed by atoms with Crippen molar-refractivity contribution in [1.29, 1.82) is 0 Å². The molecule has 0 fully saturated rings. The van der Waals surface area contributed by atoms with Crippen molar-refractivity contribution in [1.82, 2.24) is 25.5 Å². The molecular formula is C22H28N6O. The minimum Gasteiger partial charge on any atom is -0.376 e.